The van der Waals surface area contributed by atoms with E-state index in [2.05, 4.69) is 73.3 Å². The van der Waals surface area contributed by atoms with E-state index in [1.165, 1.54) is 36.1 Å². The van der Waals surface area contributed by atoms with Gasteiger partial charge in [-0.2, -0.15) is 0 Å². The van der Waals surface area contributed by atoms with Crippen LogP contribution in [0.3, 0.4) is 0 Å². The number of rotatable bonds is 10. The highest BCUT2D eigenvalue weighted by molar-refractivity contribution is 6.30. The highest BCUT2D eigenvalue weighted by Crippen LogP contribution is 2.40. The number of hydrogen-bond acceptors (Lipinski definition) is 1. The van der Waals surface area contributed by atoms with Crippen LogP contribution in [0.15, 0.2) is 54.6 Å². The lowest BCUT2D eigenvalue weighted by Crippen LogP contribution is -2.35. The van der Waals surface area contributed by atoms with Crippen LogP contribution in [0.1, 0.15) is 62.1 Å². The summed E-state index contributed by atoms with van der Waals surface area (Å²) in [6.45, 7) is 6.97. The van der Waals surface area contributed by atoms with Gasteiger partial charge in [0.15, 0.2) is 0 Å². The zero-order valence-corrected chi connectivity index (χ0v) is 19.4. The van der Waals surface area contributed by atoms with Gasteiger partial charge < -0.3 is 4.90 Å². The highest BCUT2D eigenvalue weighted by atomic mass is 35.5. The SMILES string of the molecule is CCCN(CCc1ccccc1)C(C)CCc1ccc(C2CC(Cl)C(Cl)C2)cc1. The lowest BCUT2D eigenvalue weighted by atomic mass is 9.95. The van der Waals surface area contributed by atoms with Gasteiger partial charge in [0.25, 0.3) is 0 Å². The largest absolute Gasteiger partial charge is 0.300 e. The van der Waals surface area contributed by atoms with E-state index in [1.807, 2.05) is 0 Å². The van der Waals surface area contributed by atoms with Crippen LogP contribution in [0, 0.1) is 0 Å². The molecule has 0 N–H and O–H groups in total. The molecule has 1 fully saturated rings. The molecule has 2 aromatic carbocycles. The van der Waals surface area contributed by atoms with Gasteiger partial charge in [0.05, 0.1) is 10.8 Å². The Morgan fingerprint density at radius 2 is 1.48 bits per heavy atom. The number of benzene rings is 2. The molecule has 1 saturated carbocycles. The molecule has 0 aromatic heterocycles. The van der Waals surface area contributed by atoms with Gasteiger partial charge >= 0.3 is 0 Å². The lowest BCUT2D eigenvalue weighted by Gasteiger charge is -2.29. The maximum atomic E-state index is 6.31. The number of aryl methyl sites for hydroxylation is 1. The number of halogens is 2. The van der Waals surface area contributed by atoms with E-state index < -0.39 is 0 Å². The molecule has 1 aliphatic rings. The molecule has 0 spiro atoms. The number of nitrogens with zero attached hydrogens (tertiary/aromatic N) is 1. The van der Waals surface area contributed by atoms with Crippen LogP contribution in [0.2, 0.25) is 0 Å². The summed E-state index contributed by atoms with van der Waals surface area (Å²) in [6, 6.07) is 20.6. The predicted molar refractivity (Wildman–Crippen MR) is 127 cm³/mol. The van der Waals surface area contributed by atoms with E-state index in [4.69, 9.17) is 23.2 Å². The molecule has 3 atom stereocenters. The second-order valence-corrected chi connectivity index (χ2v) is 9.72. The summed E-state index contributed by atoms with van der Waals surface area (Å²) in [5, 5.41) is 0.227. The molecule has 0 saturated heterocycles. The van der Waals surface area contributed by atoms with Crippen molar-refractivity contribution in [2.75, 3.05) is 13.1 Å². The van der Waals surface area contributed by atoms with Crippen molar-refractivity contribution in [2.24, 2.45) is 0 Å². The summed E-state index contributed by atoms with van der Waals surface area (Å²) in [4.78, 5) is 2.65. The zero-order chi connectivity index (χ0) is 20.6. The monoisotopic (exact) mass is 431 g/mol. The fourth-order valence-corrected chi connectivity index (χ4v) is 5.11. The van der Waals surface area contributed by atoms with E-state index in [1.54, 1.807) is 0 Å². The minimum absolute atomic E-state index is 0.114. The zero-order valence-electron chi connectivity index (χ0n) is 17.9. The van der Waals surface area contributed by atoms with Gasteiger partial charge in [-0.25, -0.2) is 0 Å². The van der Waals surface area contributed by atoms with Gasteiger partial charge in [0, 0.05) is 12.6 Å². The molecule has 0 bridgehead atoms. The van der Waals surface area contributed by atoms with E-state index in [-0.39, 0.29) is 10.8 Å². The van der Waals surface area contributed by atoms with Gasteiger partial charge in [-0.05, 0) is 74.6 Å². The van der Waals surface area contributed by atoms with Crippen molar-refractivity contribution in [3.63, 3.8) is 0 Å². The smallest absolute Gasteiger partial charge is 0.0505 e. The molecule has 1 nitrogen and oxygen atoms in total. The Bertz CT molecular complexity index is 705. The molecule has 29 heavy (non-hydrogen) atoms. The van der Waals surface area contributed by atoms with Crippen LogP contribution in [-0.4, -0.2) is 34.8 Å². The third kappa shape index (κ3) is 6.74. The minimum Gasteiger partial charge on any atom is -0.300 e. The van der Waals surface area contributed by atoms with Crippen LogP contribution >= 0.6 is 23.2 Å². The summed E-state index contributed by atoms with van der Waals surface area (Å²) in [6.07, 6.45) is 6.67. The summed E-state index contributed by atoms with van der Waals surface area (Å²) in [5.41, 5.74) is 4.26. The summed E-state index contributed by atoms with van der Waals surface area (Å²) >= 11 is 12.6. The molecular weight excluding hydrogens is 397 g/mol. The van der Waals surface area contributed by atoms with Gasteiger partial charge in [-0.15, -0.1) is 23.2 Å². The van der Waals surface area contributed by atoms with Crippen LogP contribution < -0.4 is 0 Å². The third-order valence-electron chi connectivity index (χ3n) is 6.38. The fraction of sp³-hybridized carbons (Fsp3) is 0.538. The highest BCUT2D eigenvalue weighted by Gasteiger charge is 2.32. The van der Waals surface area contributed by atoms with E-state index >= 15 is 0 Å². The van der Waals surface area contributed by atoms with Crippen molar-refractivity contribution in [3.8, 4) is 0 Å². The Kier molecular flexibility index (Phi) is 8.90. The van der Waals surface area contributed by atoms with Crippen molar-refractivity contribution in [3.05, 3.63) is 71.3 Å². The van der Waals surface area contributed by atoms with Crippen molar-refractivity contribution >= 4 is 23.2 Å². The molecule has 3 unspecified atom stereocenters. The molecule has 3 heteroatoms. The molecule has 158 valence electrons. The molecule has 0 amide bonds. The lowest BCUT2D eigenvalue weighted by molar-refractivity contribution is 0.202. The summed E-state index contributed by atoms with van der Waals surface area (Å²) in [5.74, 6) is 0.519. The van der Waals surface area contributed by atoms with Gasteiger partial charge in [0.1, 0.15) is 0 Å². The van der Waals surface area contributed by atoms with Crippen LogP contribution in [-0.2, 0) is 12.8 Å². The molecule has 0 heterocycles. The third-order valence-corrected chi connectivity index (χ3v) is 7.47. The van der Waals surface area contributed by atoms with Crippen molar-refractivity contribution in [2.45, 2.75) is 75.1 Å². The summed E-state index contributed by atoms with van der Waals surface area (Å²) < 4.78 is 0. The fourth-order valence-electron chi connectivity index (χ4n) is 4.48. The molecule has 0 aliphatic heterocycles. The number of hydrogen-bond donors (Lipinski definition) is 0. The Hall–Kier alpha value is -1.02. The Morgan fingerprint density at radius 3 is 2.10 bits per heavy atom. The molecule has 2 aromatic rings. The van der Waals surface area contributed by atoms with Gasteiger partial charge in [-0.3, -0.25) is 0 Å². The molecule has 1 aliphatic carbocycles. The molecular formula is C26H35Cl2N. The normalized spacial score (nSPS) is 22.9. The topological polar surface area (TPSA) is 3.24 Å². The first-order chi connectivity index (χ1) is 14.1. The van der Waals surface area contributed by atoms with E-state index in [0.29, 0.717) is 12.0 Å². The maximum Gasteiger partial charge on any atom is 0.0505 e. The van der Waals surface area contributed by atoms with Gasteiger partial charge in [-0.1, -0.05) is 61.5 Å². The first-order valence-electron chi connectivity index (χ1n) is 11.2. The average molecular weight is 432 g/mol. The van der Waals surface area contributed by atoms with E-state index in [0.717, 1.165) is 32.2 Å². The summed E-state index contributed by atoms with van der Waals surface area (Å²) in [7, 11) is 0. The van der Waals surface area contributed by atoms with Crippen molar-refractivity contribution in [1.29, 1.82) is 0 Å². The average Bonchev–Trinajstić information content (AvgIpc) is 3.09. The van der Waals surface area contributed by atoms with Crippen molar-refractivity contribution in [1.82, 2.24) is 4.90 Å². The number of alkyl halides is 2. The Morgan fingerprint density at radius 1 is 0.862 bits per heavy atom. The first-order valence-corrected chi connectivity index (χ1v) is 12.1. The quantitative estimate of drug-likeness (QED) is 0.364. The van der Waals surface area contributed by atoms with E-state index in [9.17, 15) is 0 Å². The van der Waals surface area contributed by atoms with Gasteiger partial charge in [0.2, 0.25) is 0 Å². The van der Waals surface area contributed by atoms with Crippen molar-refractivity contribution < 1.29 is 0 Å². The Labute approximate surface area is 187 Å². The molecule has 3 rings (SSSR count). The van der Waals surface area contributed by atoms with Crippen LogP contribution in [0.4, 0.5) is 0 Å². The minimum atomic E-state index is 0.114. The standard InChI is InChI=1S/C26H35Cl2N/c1-3-16-29(17-15-21-7-5-4-6-8-21)20(2)9-10-22-11-13-23(14-12-22)24-18-25(27)26(28)19-24/h4-8,11-14,20,24-26H,3,9-10,15-19H2,1-2H3. The molecule has 0 radical (unpaired) electrons. The second kappa shape index (κ2) is 11.4. The maximum absolute atomic E-state index is 6.31. The van der Waals surface area contributed by atoms with Crippen LogP contribution in [0.5, 0.6) is 0 Å². The second-order valence-electron chi connectivity index (χ2n) is 8.60. The Balaban J connectivity index is 1.49. The first kappa shape index (κ1) is 22.7. The van der Waals surface area contributed by atoms with Crippen LogP contribution in [0.25, 0.3) is 0 Å². The predicted octanol–water partition coefficient (Wildman–Crippen LogP) is 7.05.